The number of aliphatic hydroxyl groups is 2. The van der Waals surface area contributed by atoms with Crippen LogP contribution in [0.5, 0.6) is 0 Å². The van der Waals surface area contributed by atoms with Crippen molar-refractivity contribution in [3.05, 3.63) is 71.4 Å². The average molecular weight is 520 g/mol. The number of aliphatic hydroxyl groups excluding tert-OH is 2. The summed E-state index contributed by atoms with van der Waals surface area (Å²) in [6, 6.07) is 19.0. The van der Waals surface area contributed by atoms with E-state index in [1.807, 2.05) is 0 Å². The molecule has 4 nitrogen and oxygen atoms in total. The van der Waals surface area contributed by atoms with E-state index in [-0.39, 0.29) is 37.2 Å². The van der Waals surface area contributed by atoms with Gasteiger partial charge in [0.2, 0.25) is 5.52 Å². The van der Waals surface area contributed by atoms with Gasteiger partial charge in [0.1, 0.15) is 0 Å². The molecular weight excluding hydrogens is 495 g/mol. The van der Waals surface area contributed by atoms with Gasteiger partial charge in [-0.15, -0.1) is 0 Å². The minimum Gasteiger partial charge on any atom is -1.00 e. The van der Waals surface area contributed by atoms with Crippen molar-refractivity contribution < 1.29 is 38.8 Å². The van der Waals surface area contributed by atoms with Crippen molar-refractivity contribution in [1.29, 1.82) is 0 Å². The summed E-state index contributed by atoms with van der Waals surface area (Å²) in [6.45, 7) is 1.99. The molecule has 4 rings (SSSR count). The summed E-state index contributed by atoms with van der Waals surface area (Å²) in [5.74, 6) is 0. The van der Waals surface area contributed by atoms with Crippen molar-refractivity contribution >= 4 is 34.4 Å². The maximum absolute atomic E-state index is 9.32. The van der Waals surface area contributed by atoms with E-state index in [1.165, 1.54) is 32.1 Å². The number of hydrogen-bond acceptors (Lipinski definition) is 4. The summed E-state index contributed by atoms with van der Waals surface area (Å²) in [6.07, 6.45) is 5.84. The lowest BCUT2D eigenvalue weighted by Crippen LogP contribution is -3.00. The number of aryl methyl sites for hydroxylation is 1. The zero-order chi connectivity index (χ0) is 19.3. The fourth-order valence-corrected chi connectivity index (χ4v) is 4.76. The molecule has 2 heterocycles. The summed E-state index contributed by atoms with van der Waals surface area (Å²) in [4.78, 5) is 3.56. The van der Waals surface area contributed by atoms with Crippen LogP contribution in [-0.4, -0.2) is 30.0 Å². The van der Waals surface area contributed by atoms with E-state index in [0.717, 1.165) is 25.9 Å². The van der Waals surface area contributed by atoms with Gasteiger partial charge < -0.3 is 39.1 Å². The first-order valence-electron chi connectivity index (χ1n) is 9.71. The van der Waals surface area contributed by atoms with Crippen LogP contribution in [0.1, 0.15) is 18.4 Å². The van der Waals surface area contributed by atoms with Crippen molar-refractivity contribution in [3.63, 3.8) is 0 Å². The lowest BCUT2D eigenvalue weighted by atomic mass is 10.1. The number of rotatable bonds is 7. The van der Waals surface area contributed by atoms with E-state index in [0.29, 0.717) is 0 Å². The Labute approximate surface area is 192 Å². The minimum absolute atomic E-state index is 0. The molecule has 0 saturated heterocycles. The number of pyridine rings is 1. The van der Waals surface area contributed by atoms with Crippen molar-refractivity contribution in [2.75, 3.05) is 24.7 Å². The largest absolute Gasteiger partial charge is 1.00 e. The van der Waals surface area contributed by atoms with Gasteiger partial charge in [0.25, 0.3) is 0 Å². The molecule has 0 spiro atoms. The molecule has 0 fully saturated rings. The van der Waals surface area contributed by atoms with Gasteiger partial charge in [-0.3, -0.25) is 0 Å². The molecule has 0 radical (unpaired) electrons. The second-order valence-electron chi connectivity index (χ2n) is 6.84. The van der Waals surface area contributed by atoms with Crippen LogP contribution in [0.25, 0.3) is 17.0 Å². The van der Waals surface area contributed by atoms with Crippen LogP contribution in [0.2, 0.25) is 0 Å². The number of thioether (sulfide) groups is 1. The number of fused-ring (bicyclic) bond motifs is 2. The highest BCUT2D eigenvalue weighted by atomic mass is 127. The Hall–Kier alpha value is -1.61. The number of aromatic nitrogens is 1. The van der Waals surface area contributed by atoms with Gasteiger partial charge in [-0.05, 0) is 36.3 Å². The first-order chi connectivity index (χ1) is 13.8. The maximum Gasteiger partial charge on any atom is 0.213 e. The summed E-state index contributed by atoms with van der Waals surface area (Å²) in [7, 11) is 0. The van der Waals surface area contributed by atoms with Crippen molar-refractivity contribution in [2.45, 2.75) is 24.3 Å². The lowest BCUT2D eigenvalue weighted by Gasteiger charge is -2.20. The van der Waals surface area contributed by atoms with Gasteiger partial charge >= 0.3 is 0 Å². The molecule has 6 heteroatoms. The van der Waals surface area contributed by atoms with Gasteiger partial charge in [0.15, 0.2) is 12.7 Å². The molecule has 0 amide bonds. The van der Waals surface area contributed by atoms with E-state index in [1.54, 1.807) is 11.8 Å². The van der Waals surface area contributed by atoms with E-state index < -0.39 is 0 Å². The Kier molecular flexibility index (Phi) is 7.94. The fourth-order valence-electron chi connectivity index (χ4n) is 3.62. The highest BCUT2D eigenvalue weighted by Crippen LogP contribution is 2.46. The number of para-hydroxylation sites is 2. The third-order valence-corrected chi connectivity index (χ3v) is 6.08. The molecule has 2 aromatic carbocycles. The Morgan fingerprint density at radius 2 is 1.69 bits per heavy atom. The zero-order valence-corrected chi connectivity index (χ0v) is 19.1. The fraction of sp³-hybridized carbons (Fsp3) is 0.261. The van der Waals surface area contributed by atoms with Crippen LogP contribution < -0.4 is 33.4 Å². The molecule has 1 aliphatic heterocycles. The highest BCUT2D eigenvalue weighted by Gasteiger charge is 2.24. The SMILES string of the molecule is OCCCN1C(=Cc2cc[n+](CCCO)c3ccccc23)Sc2ccccc21.[I-]. The molecule has 0 atom stereocenters. The summed E-state index contributed by atoms with van der Waals surface area (Å²) < 4.78 is 2.20. The Morgan fingerprint density at radius 3 is 2.52 bits per heavy atom. The Bertz CT molecular complexity index is 1010. The van der Waals surface area contributed by atoms with E-state index in [2.05, 4.69) is 76.3 Å². The third-order valence-electron chi connectivity index (χ3n) is 4.97. The number of anilines is 1. The first kappa shape index (κ1) is 22.1. The monoisotopic (exact) mass is 520 g/mol. The first-order valence-corrected chi connectivity index (χ1v) is 10.5. The smallest absolute Gasteiger partial charge is 0.213 e. The van der Waals surface area contributed by atoms with E-state index in [9.17, 15) is 10.2 Å². The van der Waals surface area contributed by atoms with Crippen LogP contribution in [0.15, 0.2) is 70.7 Å². The summed E-state index contributed by atoms with van der Waals surface area (Å²) >= 11 is 1.78. The van der Waals surface area contributed by atoms with Gasteiger partial charge in [-0.1, -0.05) is 36.0 Å². The zero-order valence-electron chi connectivity index (χ0n) is 16.2. The van der Waals surface area contributed by atoms with Crippen LogP contribution in [0.3, 0.4) is 0 Å². The van der Waals surface area contributed by atoms with Crippen molar-refractivity contribution in [3.8, 4) is 0 Å². The molecule has 0 bridgehead atoms. The molecule has 3 aromatic rings. The second kappa shape index (κ2) is 10.4. The van der Waals surface area contributed by atoms with E-state index >= 15 is 0 Å². The number of halogens is 1. The molecule has 2 N–H and O–H groups in total. The van der Waals surface area contributed by atoms with Gasteiger partial charge in [-0.2, -0.15) is 4.57 Å². The molecule has 152 valence electrons. The van der Waals surface area contributed by atoms with Crippen LogP contribution in [0.4, 0.5) is 5.69 Å². The third kappa shape index (κ3) is 4.77. The standard InChI is InChI=1S/C23H25N2O2S.HI/c26-15-5-12-24-14-11-18(19-7-1-2-8-20(19)24)17-23-25(13-6-16-27)21-9-3-4-10-22(21)28-23;/h1-4,7-11,14,17,26-27H,5-6,12-13,15-16H2;1H/q+1;/p-1. The Morgan fingerprint density at radius 1 is 0.931 bits per heavy atom. The molecule has 1 aromatic heterocycles. The van der Waals surface area contributed by atoms with Crippen LogP contribution >= 0.6 is 11.8 Å². The van der Waals surface area contributed by atoms with Crippen molar-refractivity contribution in [2.24, 2.45) is 0 Å². The average Bonchev–Trinajstić information content (AvgIpc) is 3.08. The van der Waals surface area contributed by atoms with Gasteiger partial charge in [0.05, 0.1) is 16.1 Å². The molecule has 1 aliphatic rings. The molecular formula is C23H25IN2O2S. The second-order valence-corrected chi connectivity index (χ2v) is 7.90. The van der Waals surface area contributed by atoms with E-state index in [4.69, 9.17) is 0 Å². The van der Waals surface area contributed by atoms with Gasteiger partial charge in [-0.25, -0.2) is 0 Å². The molecule has 0 saturated carbocycles. The molecule has 0 aliphatic carbocycles. The summed E-state index contributed by atoms with van der Waals surface area (Å²) in [5.41, 5.74) is 3.57. The van der Waals surface area contributed by atoms with Crippen molar-refractivity contribution in [1.82, 2.24) is 0 Å². The minimum atomic E-state index is 0. The number of nitrogens with zero attached hydrogens (tertiary/aromatic N) is 2. The Balaban J connectivity index is 0.00000240. The maximum atomic E-state index is 9.32. The number of benzene rings is 2. The topological polar surface area (TPSA) is 47.6 Å². The predicted octanol–water partition coefficient (Wildman–Crippen LogP) is 0.807. The lowest BCUT2D eigenvalue weighted by molar-refractivity contribution is -0.672. The number of hydrogen-bond donors (Lipinski definition) is 2. The van der Waals surface area contributed by atoms with Gasteiger partial charge in [0, 0.05) is 43.2 Å². The predicted molar refractivity (Wildman–Crippen MR) is 115 cm³/mol. The van der Waals surface area contributed by atoms with Crippen LogP contribution in [0, 0.1) is 0 Å². The summed E-state index contributed by atoms with van der Waals surface area (Å²) in [5, 5.41) is 20.9. The van der Waals surface area contributed by atoms with Crippen LogP contribution in [-0.2, 0) is 6.54 Å². The molecule has 0 unspecified atom stereocenters. The normalized spacial score (nSPS) is 14.3. The quantitative estimate of drug-likeness (QED) is 0.358. The highest BCUT2D eigenvalue weighted by molar-refractivity contribution is 8.03. The molecule has 29 heavy (non-hydrogen) atoms.